The number of pyridine rings is 1. The molecule has 1 atom stereocenters. The first-order valence-electron chi connectivity index (χ1n) is 5.02. The lowest BCUT2D eigenvalue weighted by atomic mass is 10.3. The molecule has 0 spiro atoms. The average molecular weight is 247 g/mol. The molecule has 4 nitrogen and oxygen atoms in total. The van der Waals surface area contributed by atoms with Crippen LogP contribution in [0.5, 0.6) is 5.88 Å². The van der Waals surface area contributed by atoms with E-state index in [1.165, 1.54) is 12.3 Å². The van der Waals surface area contributed by atoms with Gasteiger partial charge in [-0.25, -0.2) is 9.37 Å². The summed E-state index contributed by atoms with van der Waals surface area (Å²) >= 11 is 5.57. The highest BCUT2D eigenvalue weighted by Gasteiger charge is 2.15. The van der Waals surface area contributed by atoms with Crippen LogP contribution in [0.3, 0.4) is 0 Å². The second kappa shape index (κ2) is 5.43. The highest BCUT2D eigenvalue weighted by molar-refractivity contribution is 6.30. The number of halogens is 2. The predicted molar refractivity (Wildman–Crippen MR) is 57.3 cm³/mol. The average Bonchev–Trinajstić information content (AvgIpc) is 2.29. The van der Waals surface area contributed by atoms with Crippen LogP contribution >= 0.6 is 11.6 Å². The minimum absolute atomic E-state index is 0.0430. The first-order chi connectivity index (χ1) is 7.75. The van der Waals surface area contributed by atoms with Crippen LogP contribution in [0.1, 0.15) is 0 Å². The fourth-order valence-electron chi connectivity index (χ4n) is 1.41. The summed E-state index contributed by atoms with van der Waals surface area (Å²) in [6, 6.07) is 1.17. The lowest BCUT2D eigenvalue weighted by Crippen LogP contribution is -2.41. The topological polar surface area (TPSA) is 43.4 Å². The lowest BCUT2D eigenvalue weighted by molar-refractivity contribution is -0.00156. The zero-order valence-electron chi connectivity index (χ0n) is 8.58. The third-order valence-corrected chi connectivity index (χ3v) is 2.39. The zero-order valence-corrected chi connectivity index (χ0v) is 9.34. The Kier molecular flexibility index (Phi) is 3.93. The Bertz CT molecular complexity index is 359. The molecule has 1 fully saturated rings. The molecule has 2 rings (SSSR count). The SMILES string of the molecule is Fc1cc(Cl)cnc1OCC1CNCCO1. The molecular formula is C10H12ClFN2O2. The van der Waals surface area contributed by atoms with Crippen molar-refractivity contribution in [1.82, 2.24) is 10.3 Å². The van der Waals surface area contributed by atoms with Crippen LogP contribution in [0.2, 0.25) is 5.02 Å². The minimum Gasteiger partial charge on any atom is -0.473 e. The van der Waals surface area contributed by atoms with Crippen molar-refractivity contribution < 1.29 is 13.9 Å². The van der Waals surface area contributed by atoms with Gasteiger partial charge in [-0.2, -0.15) is 0 Å². The Labute approximate surface area is 97.7 Å². The van der Waals surface area contributed by atoms with Gasteiger partial charge in [0.05, 0.1) is 11.6 Å². The van der Waals surface area contributed by atoms with E-state index in [4.69, 9.17) is 21.1 Å². The van der Waals surface area contributed by atoms with Gasteiger partial charge in [-0.15, -0.1) is 0 Å². The first kappa shape index (κ1) is 11.6. The Morgan fingerprint density at radius 1 is 1.69 bits per heavy atom. The van der Waals surface area contributed by atoms with Crippen molar-refractivity contribution in [3.05, 3.63) is 23.1 Å². The number of morpholine rings is 1. The molecule has 1 aromatic rings. The van der Waals surface area contributed by atoms with Crippen LogP contribution in [-0.2, 0) is 4.74 Å². The van der Waals surface area contributed by atoms with Crippen LogP contribution < -0.4 is 10.1 Å². The van der Waals surface area contributed by atoms with Crippen molar-refractivity contribution in [2.75, 3.05) is 26.3 Å². The van der Waals surface area contributed by atoms with Gasteiger partial charge in [0, 0.05) is 19.3 Å². The maximum Gasteiger partial charge on any atom is 0.250 e. The van der Waals surface area contributed by atoms with Gasteiger partial charge in [-0.3, -0.25) is 0 Å². The van der Waals surface area contributed by atoms with Gasteiger partial charge in [0.15, 0.2) is 5.82 Å². The number of nitrogens with one attached hydrogen (secondary N) is 1. The van der Waals surface area contributed by atoms with Gasteiger partial charge >= 0.3 is 0 Å². The van der Waals surface area contributed by atoms with Gasteiger partial charge in [0.25, 0.3) is 5.88 Å². The summed E-state index contributed by atoms with van der Waals surface area (Å²) in [6.45, 7) is 2.46. The van der Waals surface area contributed by atoms with Gasteiger partial charge < -0.3 is 14.8 Å². The highest BCUT2D eigenvalue weighted by atomic mass is 35.5. The number of hydrogen-bond donors (Lipinski definition) is 1. The highest BCUT2D eigenvalue weighted by Crippen LogP contribution is 2.17. The zero-order chi connectivity index (χ0) is 11.4. The maximum atomic E-state index is 13.3. The van der Waals surface area contributed by atoms with Crippen LogP contribution in [-0.4, -0.2) is 37.4 Å². The van der Waals surface area contributed by atoms with E-state index < -0.39 is 5.82 Å². The molecule has 0 saturated carbocycles. The Morgan fingerprint density at radius 3 is 3.25 bits per heavy atom. The monoisotopic (exact) mass is 246 g/mol. The molecule has 6 heteroatoms. The van der Waals surface area contributed by atoms with E-state index in [1.54, 1.807) is 0 Å². The second-order valence-corrected chi connectivity index (χ2v) is 3.88. The largest absolute Gasteiger partial charge is 0.473 e. The number of aromatic nitrogens is 1. The summed E-state index contributed by atoms with van der Waals surface area (Å²) in [5.41, 5.74) is 0. The molecule has 0 amide bonds. The second-order valence-electron chi connectivity index (χ2n) is 3.45. The molecule has 1 aliphatic heterocycles. The number of hydrogen-bond acceptors (Lipinski definition) is 4. The van der Waals surface area contributed by atoms with Crippen molar-refractivity contribution >= 4 is 11.6 Å². The summed E-state index contributed by atoms with van der Waals surface area (Å²) in [5.74, 6) is -0.602. The molecular weight excluding hydrogens is 235 g/mol. The predicted octanol–water partition coefficient (Wildman–Crippen LogP) is 1.24. The minimum atomic E-state index is -0.559. The third kappa shape index (κ3) is 3.04. The van der Waals surface area contributed by atoms with Gasteiger partial charge in [-0.05, 0) is 6.07 Å². The van der Waals surface area contributed by atoms with Crippen LogP contribution in [0.25, 0.3) is 0 Å². The van der Waals surface area contributed by atoms with Crippen LogP contribution in [0.4, 0.5) is 4.39 Å². The number of ether oxygens (including phenoxy) is 2. The van der Waals surface area contributed by atoms with E-state index in [9.17, 15) is 4.39 Å². The molecule has 1 saturated heterocycles. The van der Waals surface area contributed by atoms with Crippen LogP contribution in [0.15, 0.2) is 12.3 Å². The molecule has 2 heterocycles. The Morgan fingerprint density at radius 2 is 2.56 bits per heavy atom. The van der Waals surface area contributed by atoms with Gasteiger partial charge in [0.2, 0.25) is 0 Å². The summed E-state index contributed by atoms with van der Waals surface area (Å²) in [4.78, 5) is 3.76. The molecule has 0 aromatic carbocycles. The standard InChI is InChI=1S/C10H12ClFN2O2/c11-7-3-9(12)10(14-4-7)16-6-8-5-13-1-2-15-8/h3-4,8,13H,1-2,5-6H2. The molecule has 16 heavy (non-hydrogen) atoms. The molecule has 1 unspecified atom stereocenters. The third-order valence-electron chi connectivity index (χ3n) is 2.18. The quantitative estimate of drug-likeness (QED) is 0.872. The van der Waals surface area contributed by atoms with Gasteiger partial charge in [0.1, 0.15) is 12.7 Å². The number of nitrogens with zero attached hydrogens (tertiary/aromatic N) is 1. The molecule has 0 aliphatic carbocycles. The smallest absolute Gasteiger partial charge is 0.250 e. The number of rotatable bonds is 3. The van der Waals surface area contributed by atoms with Crippen molar-refractivity contribution in [3.63, 3.8) is 0 Å². The van der Waals surface area contributed by atoms with E-state index in [2.05, 4.69) is 10.3 Å². The van der Waals surface area contributed by atoms with Crippen molar-refractivity contribution in [2.24, 2.45) is 0 Å². The van der Waals surface area contributed by atoms with Crippen molar-refractivity contribution in [3.8, 4) is 5.88 Å². The Balaban J connectivity index is 1.88. The molecule has 1 aromatic heterocycles. The summed E-state index contributed by atoms with van der Waals surface area (Å²) in [7, 11) is 0. The Hall–Kier alpha value is -0.910. The molecule has 88 valence electrons. The van der Waals surface area contributed by atoms with E-state index in [1.807, 2.05) is 0 Å². The first-order valence-corrected chi connectivity index (χ1v) is 5.39. The summed E-state index contributed by atoms with van der Waals surface area (Å²) in [5, 5.41) is 3.40. The lowest BCUT2D eigenvalue weighted by Gasteiger charge is -2.23. The fourth-order valence-corrected chi connectivity index (χ4v) is 1.55. The normalized spacial score (nSPS) is 20.8. The molecule has 1 aliphatic rings. The summed E-state index contributed by atoms with van der Waals surface area (Å²) in [6.07, 6.45) is 1.28. The van der Waals surface area contributed by atoms with Crippen molar-refractivity contribution in [1.29, 1.82) is 0 Å². The fraction of sp³-hybridized carbons (Fsp3) is 0.500. The van der Waals surface area contributed by atoms with E-state index >= 15 is 0 Å². The van der Waals surface area contributed by atoms with Crippen LogP contribution in [0, 0.1) is 5.82 Å². The van der Waals surface area contributed by atoms with E-state index in [0.29, 0.717) is 13.2 Å². The van der Waals surface area contributed by atoms with Gasteiger partial charge in [-0.1, -0.05) is 11.6 Å². The van der Waals surface area contributed by atoms with E-state index in [-0.39, 0.29) is 23.6 Å². The maximum absolute atomic E-state index is 13.3. The molecule has 1 N–H and O–H groups in total. The molecule has 0 bridgehead atoms. The van der Waals surface area contributed by atoms with Crippen molar-refractivity contribution in [2.45, 2.75) is 6.10 Å². The molecule has 0 radical (unpaired) electrons. The summed E-state index contributed by atoms with van der Waals surface area (Å²) < 4.78 is 23.9. The van der Waals surface area contributed by atoms with E-state index in [0.717, 1.165) is 6.54 Å².